The first-order valence-electron chi connectivity index (χ1n) is 11.4. The summed E-state index contributed by atoms with van der Waals surface area (Å²) < 4.78 is 5.08. The number of nitrogens with zero attached hydrogens (tertiary/aromatic N) is 1. The van der Waals surface area contributed by atoms with Crippen molar-refractivity contribution in [3.05, 3.63) is 29.8 Å². The second-order valence-corrected chi connectivity index (χ2v) is 7.63. The van der Waals surface area contributed by atoms with Crippen molar-refractivity contribution in [3.63, 3.8) is 0 Å². The van der Waals surface area contributed by atoms with E-state index in [2.05, 4.69) is 22.8 Å². The third-order valence-electron chi connectivity index (χ3n) is 4.97. The lowest BCUT2D eigenvalue weighted by molar-refractivity contribution is -0.126. The van der Waals surface area contributed by atoms with Crippen molar-refractivity contribution in [2.24, 2.45) is 5.10 Å². The predicted molar refractivity (Wildman–Crippen MR) is 123 cm³/mol. The summed E-state index contributed by atoms with van der Waals surface area (Å²) in [5.74, 6) is 0.337. The number of amides is 2. The van der Waals surface area contributed by atoms with E-state index >= 15 is 0 Å². The van der Waals surface area contributed by atoms with Gasteiger partial charge in [0.05, 0.1) is 19.9 Å². The van der Waals surface area contributed by atoms with Gasteiger partial charge in [-0.15, -0.1) is 0 Å². The van der Waals surface area contributed by atoms with Crippen LogP contribution in [-0.4, -0.2) is 31.7 Å². The molecular formula is C24H39N3O3. The molecule has 0 atom stereocenters. The minimum atomic E-state index is -0.341. The fourth-order valence-corrected chi connectivity index (χ4v) is 3.13. The molecule has 0 aliphatic heterocycles. The Morgan fingerprint density at radius 3 is 2.00 bits per heavy atom. The summed E-state index contributed by atoms with van der Waals surface area (Å²) in [5.41, 5.74) is 3.26. The van der Waals surface area contributed by atoms with Gasteiger partial charge in [-0.3, -0.25) is 9.59 Å². The van der Waals surface area contributed by atoms with Crippen LogP contribution in [0.2, 0.25) is 0 Å². The second-order valence-electron chi connectivity index (χ2n) is 7.63. The maximum atomic E-state index is 11.8. The number of nitrogens with one attached hydrogen (secondary N) is 2. The molecule has 168 valence electrons. The maximum absolute atomic E-state index is 11.8. The van der Waals surface area contributed by atoms with Crippen LogP contribution in [0.15, 0.2) is 29.4 Å². The topological polar surface area (TPSA) is 79.8 Å². The fraction of sp³-hybridized carbons (Fsp3) is 0.625. The average molecular weight is 418 g/mol. The average Bonchev–Trinajstić information content (AvgIpc) is 2.76. The highest BCUT2D eigenvalue weighted by molar-refractivity contribution is 5.86. The SMILES string of the molecule is CCCCCCCCCCCCCC(=O)NCC(=O)N/N=C\c1ccc(OC)cc1. The fourth-order valence-electron chi connectivity index (χ4n) is 3.13. The summed E-state index contributed by atoms with van der Waals surface area (Å²) in [6.07, 6.45) is 15.8. The van der Waals surface area contributed by atoms with E-state index in [0.717, 1.165) is 24.2 Å². The lowest BCUT2D eigenvalue weighted by atomic mass is 10.1. The molecule has 1 aromatic carbocycles. The van der Waals surface area contributed by atoms with E-state index in [-0.39, 0.29) is 18.4 Å². The summed E-state index contributed by atoms with van der Waals surface area (Å²) in [4.78, 5) is 23.6. The van der Waals surface area contributed by atoms with Gasteiger partial charge in [0.15, 0.2) is 0 Å². The largest absolute Gasteiger partial charge is 0.497 e. The standard InChI is InChI=1S/C24H39N3O3/c1-3-4-5-6-7-8-9-10-11-12-13-14-23(28)25-20-24(29)27-26-19-21-15-17-22(30-2)18-16-21/h15-19H,3-14,20H2,1-2H3,(H,25,28)(H,27,29)/b26-19-. The zero-order valence-electron chi connectivity index (χ0n) is 18.8. The molecule has 1 rings (SSSR count). The van der Waals surface area contributed by atoms with Gasteiger partial charge in [0.25, 0.3) is 5.91 Å². The second kappa shape index (κ2) is 17.5. The third kappa shape index (κ3) is 13.7. The summed E-state index contributed by atoms with van der Waals surface area (Å²) in [6.45, 7) is 2.19. The van der Waals surface area contributed by atoms with Crippen LogP contribution in [-0.2, 0) is 9.59 Å². The van der Waals surface area contributed by atoms with Crippen molar-refractivity contribution in [2.45, 2.75) is 84.0 Å². The predicted octanol–water partition coefficient (Wildman–Crippen LogP) is 4.96. The summed E-state index contributed by atoms with van der Waals surface area (Å²) in [6, 6.07) is 7.31. The minimum Gasteiger partial charge on any atom is -0.497 e. The maximum Gasteiger partial charge on any atom is 0.259 e. The lowest BCUT2D eigenvalue weighted by Crippen LogP contribution is -2.34. The number of unbranched alkanes of at least 4 members (excludes halogenated alkanes) is 10. The van der Waals surface area contributed by atoms with Crippen LogP contribution < -0.4 is 15.5 Å². The highest BCUT2D eigenvalue weighted by Gasteiger charge is 2.04. The molecule has 0 aliphatic carbocycles. The molecule has 0 fully saturated rings. The Kier molecular flexibility index (Phi) is 15.0. The smallest absolute Gasteiger partial charge is 0.259 e. The Morgan fingerprint density at radius 2 is 1.43 bits per heavy atom. The molecule has 0 unspecified atom stereocenters. The van der Waals surface area contributed by atoms with E-state index in [4.69, 9.17) is 4.74 Å². The number of rotatable bonds is 17. The molecule has 0 spiro atoms. The minimum absolute atomic E-state index is 0.0587. The highest BCUT2D eigenvalue weighted by atomic mass is 16.5. The van der Waals surface area contributed by atoms with Gasteiger partial charge in [-0.1, -0.05) is 71.1 Å². The highest BCUT2D eigenvalue weighted by Crippen LogP contribution is 2.12. The number of hydrogen-bond acceptors (Lipinski definition) is 4. The van der Waals surface area contributed by atoms with Crippen molar-refractivity contribution in [1.29, 1.82) is 0 Å². The van der Waals surface area contributed by atoms with Gasteiger partial charge < -0.3 is 10.1 Å². The van der Waals surface area contributed by atoms with E-state index in [9.17, 15) is 9.59 Å². The molecule has 0 heterocycles. The molecule has 2 N–H and O–H groups in total. The summed E-state index contributed by atoms with van der Waals surface area (Å²) >= 11 is 0. The Hall–Kier alpha value is -2.37. The van der Waals surface area contributed by atoms with Crippen LogP contribution in [0.25, 0.3) is 0 Å². The molecule has 0 aliphatic rings. The summed E-state index contributed by atoms with van der Waals surface area (Å²) in [7, 11) is 1.61. The molecule has 1 aromatic rings. The molecule has 0 bridgehead atoms. The molecule has 0 radical (unpaired) electrons. The number of carbonyl (C=O) groups is 2. The first-order chi connectivity index (χ1) is 14.7. The van der Waals surface area contributed by atoms with Gasteiger partial charge in [0.1, 0.15) is 5.75 Å². The first kappa shape index (κ1) is 25.7. The van der Waals surface area contributed by atoms with Crippen LogP contribution in [0.1, 0.15) is 89.5 Å². The van der Waals surface area contributed by atoms with Crippen LogP contribution in [0.4, 0.5) is 0 Å². The normalized spacial score (nSPS) is 10.9. The van der Waals surface area contributed by atoms with Gasteiger partial charge in [0, 0.05) is 6.42 Å². The van der Waals surface area contributed by atoms with Crippen molar-refractivity contribution in [3.8, 4) is 5.75 Å². The quantitative estimate of drug-likeness (QED) is 0.213. The zero-order valence-corrected chi connectivity index (χ0v) is 18.8. The molecule has 0 saturated heterocycles. The van der Waals surface area contributed by atoms with Crippen LogP contribution in [0, 0.1) is 0 Å². The molecule has 6 nitrogen and oxygen atoms in total. The van der Waals surface area contributed by atoms with Crippen LogP contribution in [0.3, 0.4) is 0 Å². The van der Waals surface area contributed by atoms with Crippen molar-refractivity contribution >= 4 is 18.0 Å². The molecular weight excluding hydrogens is 378 g/mol. The van der Waals surface area contributed by atoms with Gasteiger partial charge >= 0.3 is 0 Å². The summed E-state index contributed by atoms with van der Waals surface area (Å²) in [5, 5.41) is 6.53. The van der Waals surface area contributed by atoms with E-state index in [1.54, 1.807) is 13.3 Å². The number of hydrogen-bond donors (Lipinski definition) is 2. The molecule has 6 heteroatoms. The van der Waals surface area contributed by atoms with E-state index in [1.165, 1.54) is 57.8 Å². The van der Waals surface area contributed by atoms with Gasteiger partial charge in [0.2, 0.25) is 5.91 Å². The van der Waals surface area contributed by atoms with E-state index < -0.39 is 0 Å². The van der Waals surface area contributed by atoms with Gasteiger partial charge in [-0.05, 0) is 36.2 Å². The number of carbonyl (C=O) groups excluding carboxylic acids is 2. The molecule has 0 aromatic heterocycles. The Morgan fingerprint density at radius 1 is 0.867 bits per heavy atom. The Bertz CT molecular complexity index is 615. The Labute approximate surface area is 181 Å². The number of ether oxygens (including phenoxy) is 1. The molecule has 0 saturated carbocycles. The van der Waals surface area contributed by atoms with Crippen LogP contribution >= 0.6 is 0 Å². The third-order valence-corrected chi connectivity index (χ3v) is 4.97. The Balaban J connectivity index is 1.97. The zero-order chi connectivity index (χ0) is 21.9. The number of methoxy groups -OCH3 is 1. The number of hydrazone groups is 1. The lowest BCUT2D eigenvalue weighted by Gasteiger charge is -2.05. The first-order valence-corrected chi connectivity index (χ1v) is 11.4. The van der Waals surface area contributed by atoms with Crippen molar-refractivity contribution in [1.82, 2.24) is 10.7 Å². The molecule has 2 amide bonds. The van der Waals surface area contributed by atoms with Crippen molar-refractivity contribution in [2.75, 3.05) is 13.7 Å². The van der Waals surface area contributed by atoms with Gasteiger partial charge in [-0.25, -0.2) is 5.43 Å². The van der Waals surface area contributed by atoms with Crippen molar-refractivity contribution < 1.29 is 14.3 Å². The van der Waals surface area contributed by atoms with E-state index in [1.807, 2.05) is 24.3 Å². The van der Waals surface area contributed by atoms with Crippen LogP contribution in [0.5, 0.6) is 5.75 Å². The monoisotopic (exact) mass is 417 g/mol. The van der Waals surface area contributed by atoms with Gasteiger partial charge in [-0.2, -0.15) is 5.10 Å². The number of benzene rings is 1. The molecule has 30 heavy (non-hydrogen) atoms. The van der Waals surface area contributed by atoms with E-state index in [0.29, 0.717) is 6.42 Å².